The normalized spacial score (nSPS) is 30.1. The largest absolute Gasteiger partial charge is 0.307 e. The first-order valence-electron chi connectivity index (χ1n) is 6.64. The topological polar surface area (TPSA) is 18.5 Å². The van der Waals surface area contributed by atoms with Crippen molar-refractivity contribution >= 4 is 11.6 Å². The van der Waals surface area contributed by atoms with E-state index in [1.54, 1.807) is 0 Å². The molecule has 2 unspecified atom stereocenters. The molecule has 2 fully saturated rings. The lowest BCUT2D eigenvalue weighted by atomic mass is 10.0. The molecule has 0 aromatic heterocycles. The van der Waals surface area contributed by atoms with E-state index >= 15 is 0 Å². The highest BCUT2D eigenvalue weighted by Gasteiger charge is 2.31. The van der Waals surface area contributed by atoms with Crippen molar-refractivity contribution in [2.24, 2.45) is 0 Å². The van der Waals surface area contributed by atoms with Crippen molar-refractivity contribution < 1.29 is 0 Å². The van der Waals surface area contributed by atoms with Gasteiger partial charge in [0.25, 0.3) is 0 Å². The molecule has 18 heavy (non-hydrogen) atoms. The third-order valence-electron chi connectivity index (χ3n) is 4.10. The van der Waals surface area contributed by atoms with Crippen molar-refractivity contribution in [3.05, 3.63) is 34.9 Å². The molecule has 0 aliphatic carbocycles. The summed E-state index contributed by atoms with van der Waals surface area (Å²) in [6.45, 7) is 5.74. The highest BCUT2D eigenvalue weighted by Crippen LogP contribution is 2.23. The maximum Gasteiger partial charge on any atom is 0.0450 e. The number of nitrogens with zero attached hydrogens (tertiary/aromatic N) is 2. The third-order valence-corrected chi connectivity index (χ3v) is 4.35. The highest BCUT2D eigenvalue weighted by molar-refractivity contribution is 6.30. The van der Waals surface area contributed by atoms with E-state index in [9.17, 15) is 0 Å². The van der Waals surface area contributed by atoms with Crippen LogP contribution in [-0.2, 0) is 0 Å². The van der Waals surface area contributed by atoms with Crippen molar-refractivity contribution in [1.29, 1.82) is 0 Å². The molecule has 3 rings (SSSR count). The van der Waals surface area contributed by atoms with Gasteiger partial charge < -0.3 is 10.2 Å². The van der Waals surface area contributed by atoms with Crippen molar-refractivity contribution in [2.75, 3.05) is 39.8 Å². The van der Waals surface area contributed by atoms with Gasteiger partial charge in [-0.3, -0.25) is 4.90 Å². The number of rotatable bonds is 1. The second-order valence-electron chi connectivity index (χ2n) is 5.42. The first-order chi connectivity index (χ1) is 8.72. The van der Waals surface area contributed by atoms with Crippen LogP contribution in [0.15, 0.2) is 24.3 Å². The smallest absolute Gasteiger partial charge is 0.0450 e. The van der Waals surface area contributed by atoms with Crippen LogP contribution in [0.4, 0.5) is 0 Å². The fourth-order valence-electron chi connectivity index (χ4n) is 2.98. The molecule has 0 bridgehead atoms. The van der Waals surface area contributed by atoms with E-state index in [0.29, 0.717) is 12.1 Å². The van der Waals surface area contributed by atoms with Gasteiger partial charge in [-0.1, -0.05) is 23.7 Å². The molecular formula is C14H20ClN3. The lowest BCUT2D eigenvalue weighted by Crippen LogP contribution is -2.61. The summed E-state index contributed by atoms with van der Waals surface area (Å²) in [7, 11) is 2.21. The molecule has 3 nitrogen and oxygen atoms in total. The molecule has 2 aliphatic rings. The number of fused-ring (bicyclic) bond motifs is 1. The molecule has 2 aliphatic heterocycles. The molecule has 1 aromatic carbocycles. The standard InChI is InChI=1S/C14H20ClN3/c1-17-6-7-18-10-14(16-8-13(18)9-17)11-2-4-12(15)5-3-11/h2-5,13-14,16H,6-10H2,1H3. The maximum absolute atomic E-state index is 5.94. The van der Waals surface area contributed by atoms with Crippen LogP contribution >= 0.6 is 11.6 Å². The van der Waals surface area contributed by atoms with E-state index < -0.39 is 0 Å². The Morgan fingerprint density at radius 2 is 1.94 bits per heavy atom. The van der Waals surface area contributed by atoms with Gasteiger partial charge in [0.2, 0.25) is 0 Å². The summed E-state index contributed by atoms with van der Waals surface area (Å²) < 4.78 is 0. The van der Waals surface area contributed by atoms with E-state index in [1.165, 1.54) is 25.2 Å². The summed E-state index contributed by atoms with van der Waals surface area (Å²) in [6.07, 6.45) is 0. The van der Waals surface area contributed by atoms with Gasteiger partial charge in [-0.15, -0.1) is 0 Å². The number of hydrogen-bond donors (Lipinski definition) is 1. The van der Waals surface area contributed by atoms with Crippen LogP contribution in [0.2, 0.25) is 5.02 Å². The molecule has 0 radical (unpaired) electrons. The Bertz CT molecular complexity index is 406. The predicted molar refractivity (Wildman–Crippen MR) is 75.1 cm³/mol. The Morgan fingerprint density at radius 1 is 1.17 bits per heavy atom. The first kappa shape index (κ1) is 12.4. The summed E-state index contributed by atoms with van der Waals surface area (Å²) in [5.41, 5.74) is 1.34. The van der Waals surface area contributed by atoms with Gasteiger partial charge in [-0.05, 0) is 24.7 Å². The fraction of sp³-hybridized carbons (Fsp3) is 0.571. The molecule has 2 saturated heterocycles. The van der Waals surface area contributed by atoms with Crippen molar-refractivity contribution in [2.45, 2.75) is 12.1 Å². The summed E-state index contributed by atoms with van der Waals surface area (Å²) in [6, 6.07) is 9.35. The van der Waals surface area contributed by atoms with Gasteiger partial charge in [-0.25, -0.2) is 0 Å². The minimum atomic E-state index is 0.446. The number of benzene rings is 1. The van der Waals surface area contributed by atoms with Crippen LogP contribution in [0.3, 0.4) is 0 Å². The lowest BCUT2D eigenvalue weighted by molar-refractivity contribution is 0.0538. The quantitative estimate of drug-likeness (QED) is 0.832. The minimum absolute atomic E-state index is 0.446. The number of halogens is 1. The van der Waals surface area contributed by atoms with Crippen LogP contribution in [-0.4, -0.2) is 55.6 Å². The zero-order chi connectivity index (χ0) is 12.5. The summed E-state index contributed by atoms with van der Waals surface area (Å²) in [4.78, 5) is 5.04. The zero-order valence-electron chi connectivity index (χ0n) is 10.8. The van der Waals surface area contributed by atoms with Gasteiger partial charge in [-0.2, -0.15) is 0 Å². The van der Waals surface area contributed by atoms with Gasteiger partial charge in [0.15, 0.2) is 0 Å². The third kappa shape index (κ3) is 2.54. The second kappa shape index (κ2) is 5.17. The van der Waals surface area contributed by atoms with Gasteiger partial charge >= 0.3 is 0 Å². The molecule has 1 aromatic rings. The van der Waals surface area contributed by atoms with Crippen LogP contribution < -0.4 is 5.32 Å². The Morgan fingerprint density at radius 3 is 2.72 bits per heavy atom. The Balaban J connectivity index is 1.68. The Labute approximate surface area is 114 Å². The molecule has 1 N–H and O–H groups in total. The Hall–Kier alpha value is -0.610. The van der Waals surface area contributed by atoms with Gasteiger partial charge in [0.1, 0.15) is 0 Å². The van der Waals surface area contributed by atoms with Crippen molar-refractivity contribution in [3.63, 3.8) is 0 Å². The maximum atomic E-state index is 5.94. The summed E-state index contributed by atoms with van der Waals surface area (Å²) in [5, 5.41) is 4.48. The molecule has 0 spiro atoms. The van der Waals surface area contributed by atoms with E-state index in [0.717, 1.165) is 18.1 Å². The van der Waals surface area contributed by atoms with E-state index in [1.807, 2.05) is 12.1 Å². The number of piperazine rings is 2. The Kier molecular flexibility index (Phi) is 3.57. The van der Waals surface area contributed by atoms with Crippen molar-refractivity contribution in [1.82, 2.24) is 15.1 Å². The molecule has 2 atom stereocenters. The van der Waals surface area contributed by atoms with Crippen LogP contribution in [0.25, 0.3) is 0 Å². The fourth-order valence-corrected chi connectivity index (χ4v) is 3.10. The van der Waals surface area contributed by atoms with E-state index in [4.69, 9.17) is 11.6 Å². The van der Waals surface area contributed by atoms with Crippen LogP contribution in [0, 0.1) is 0 Å². The van der Waals surface area contributed by atoms with Crippen molar-refractivity contribution in [3.8, 4) is 0 Å². The number of likely N-dealkylation sites (N-methyl/N-ethyl adjacent to an activating group) is 1. The van der Waals surface area contributed by atoms with Gasteiger partial charge in [0.05, 0.1) is 0 Å². The highest BCUT2D eigenvalue weighted by atomic mass is 35.5. The minimum Gasteiger partial charge on any atom is -0.307 e. The monoisotopic (exact) mass is 265 g/mol. The summed E-state index contributed by atoms with van der Waals surface area (Å²) in [5.74, 6) is 0. The average molecular weight is 266 g/mol. The second-order valence-corrected chi connectivity index (χ2v) is 5.86. The van der Waals surface area contributed by atoms with E-state index in [-0.39, 0.29) is 0 Å². The summed E-state index contributed by atoms with van der Waals surface area (Å²) >= 11 is 5.94. The molecule has 4 heteroatoms. The van der Waals surface area contributed by atoms with Gasteiger partial charge in [0, 0.05) is 49.8 Å². The zero-order valence-corrected chi connectivity index (χ0v) is 11.5. The SMILES string of the molecule is CN1CCN2CC(c3ccc(Cl)cc3)NCC2C1. The lowest BCUT2D eigenvalue weighted by Gasteiger charge is -2.46. The number of nitrogens with one attached hydrogen (secondary N) is 1. The van der Waals surface area contributed by atoms with Crippen LogP contribution in [0.1, 0.15) is 11.6 Å². The predicted octanol–water partition coefficient (Wildman–Crippen LogP) is 1.60. The average Bonchev–Trinajstić information content (AvgIpc) is 2.39. The number of hydrogen-bond acceptors (Lipinski definition) is 3. The van der Waals surface area contributed by atoms with E-state index in [2.05, 4.69) is 34.3 Å². The molecule has 98 valence electrons. The molecule has 2 heterocycles. The molecular weight excluding hydrogens is 246 g/mol. The molecule has 0 amide bonds. The molecule has 0 saturated carbocycles. The first-order valence-corrected chi connectivity index (χ1v) is 7.01. The van der Waals surface area contributed by atoms with Crippen LogP contribution in [0.5, 0.6) is 0 Å².